The van der Waals surface area contributed by atoms with Crippen LogP contribution in [0.3, 0.4) is 0 Å². The zero-order chi connectivity index (χ0) is 21.6. The molecule has 0 atom stereocenters. The van der Waals surface area contributed by atoms with Crippen LogP contribution < -0.4 is 16.4 Å². The Bertz CT molecular complexity index is 1090. The number of hydrogen-bond donors (Lipinski definition) is 3. The van der Waals surface area contributed by atoms with Crippen LogP contribution in [0.2, 0.25) is 0 Å². The number of aromatic nitrogens is 2. The third kappa shape index (κ3) is 4.99. The fourth-order valence-corrected chi connectivity index (χ4v) is 4.11. The lowest BCUT2D eigenvalue weighted by Gasteiger charge is -2.24. The summed E-state index contributed by atoms with van der Waals surface area (Å²) in [6, 6.07) is 14.0. The molecule has 1 heterocycles. The number of benzene rings is 2. The minimum Gasteiger partial charge on any atom is -0.368 e. The van der Waals surface area contributed by atoms with E-state index in [0.29, 0.717) is 11.7 Å². The van der Waals surface area contributed by atoms with Crippen molar-refractivity contribution in [1.29, 1.82) is 0 Å². The molecule has 7 heteroatoms. The molecule has 31 heavy (non-hydrogen) atoms. The van der Waals surface area contributed by atoms with E-state index in [-0.39, 0.29) is 24.7 Å². The van der Waals surface area contributed by atoms with E-state index in [1.54, 1.807) is 0 Å². The summed E-state index contributed by atoms with van der Waals surface area (Å²) >= 11 is 0. The number of para-hydroxylation sites is 1. The molecule has 1 aliphatic rings. The molecular formula is C24H27N5O2. The minimum absolute atomic E-state index is 0.165. The second kappa shape index (κ2) is 9.55. The summed E-state index contributed by atoms with van der Waals surface area (Å²) in [5, 5.41) is 7.40. The number of nitrogens with zero attached hydrogens (tertiary/aromatic N) is 2. The number of nitrogens with one attached hydrogen (secondary N) is 2. The minimum atomic E-state index is -0.184. The van der Waals surface area contributed by atoms with Crippen LogP contribution in [0, 0.1) is 0 Å². The second-order valence-electron chi connectivity index (χ2n) is 7.94. The summed E-state index contributed by atoms with van der Waals surface area (Å²) in [6.07, 6.45) is 7.10. The first-order chi connectivity index (χ1) is 15.1. The fraction of sp³-hybridized carbons (Fsp3) is 0.333. The normalized spacial score (nSPS) is 14.3. The average Bonchev–Trinajstić information content (AvgIpc) is 2.78. The van der Waals surface area contributed by atoms with Crippen LogP contribution in [0.4, 0.5) is 17.5 Å². The second-order valence-corrected chi connectivity index (χ2v) is 7.94. The number of nitrogens with two attached hydrogens (primary N) is 1. The number of nitrogen functional groups attached to an aromatic ring is 1. The van der Waals surface area contributed by atoms with Crippen LogP contribution in [0.5, 0.6) is 0 Å². The molecule has 2 aromatic carbocycles. The molecule has 3 aromatic rings. The Morgan fingerprint density at radius 3 is 2.71 bits per heavy atom. The molecule has 0 aliphatic heterocycles. The number of hydrogen-bond acceptors (Lipinski definition) is 6. The highest BCUT2D eigenvalue weighted by Crippen LogP contribution is 2.33. The number of rotatable bonds is 7. The van der Waals surface area contributed by atoms with E-state index in [9.17, 15) is 9.59 Å². The van der Waals surface area contributed by atoms with Gasteiger partial charge in [0.2, 0.25) is 11.9 Å². The van der Waals surface area contributed by atoms with Crippen LogP contribution in [0.1, 0.15) is 44.9 Å². The Kier molecular flexibility index (Phi) is 6.40. The molecule has 1 aliphatic carbocycles. The molecule has 0 radical (unpaired) electrons. The van der Waals surface area contributed by atoms with E-state index < -0.39 is 0 Å². The van der Waals surface area contributed by atoms with Crippen LogP contribution in [0.25, 0.3) is 22.0 Å². The van der Waals surface area contributed by atoms with Gasteiger partial charge in [-0.2, -0.15) is 4.98 Å². The van der Waals surface area contributed by atoms with Crippen molar-refractivity contribution in [2.24, 2.45) is 0 Å². The largest absolute Gasteiger partial charge is 0.368 e. The Labute approximate surface area is 181 Å². The van der Waals surface area contributed by atoms with Crippen molar-refractivity contribution in [2.75, 3.05) is 16.4 Å². The predicted octanol–water partition coefficient (Wildman–Crippen LogP) is 4.54. The van der Waals surface area contributed by atoms with Gasteiger partial charge in [-0.05, 0) is 36.6 Å². The summed E-state index contributed by atoms with van der Waals surface area (Å²) in [4.78, 5) is 31.6. The van der Waals surface area contributed by atoms with Crippen LogP contribution in [-0.4, -0.2) is 28.2 Å². The van der Waals surface area contributed by atoms with Crippen molar-refractivity contribution in [3.63, 3.8) is 0 Å². The quantitative estimate of drug-likeness (QED) is 0.487. The summed E-state index contributed by atoms with van der Waals surface area (Å²) in [7, 11) is 0. The van der Waals surface area contributed by atoms with Gasteiger partial charge in [0, 0.05) is 35.5 Å². The maximum Gasteiger partial charge on any atom is 0.224 e. The van der Waals surface area contributed by atoms with Crippen molar-refractivity contribution in [2.45, 2.75) is 51.0 Å². The number of anilines is 3. The van der Waals surface area contributed by atoms with E-state index in [1.807, 2.05) is 42.5 Å². The highest BCUT2D eigenvalue weighted by Gasteiger charge is 2.17. The Hall–Kier alpha value is -3.48. The van der Waals surface area contributed by atoms with Gasteiger partial charge in [0.05, 0.1) is 5.52 Å². The molecule has 1 saturated carbocycles. The van der Waals surface area contributed by atoms with E-state index in [1.165, 1.54) is 19.3 Å². The van der Waals surface area contributed by atoms with Crippen LogP contribution in [-0.2, 0) is 9.59 Å². The predicted molar refractivity (Wildman–Crippen MR) is 124 cm³/mol. The van der Waals surface area contributed by atoms with Crippen molar-refractivity contribution >= 4 is 40.5 Å². The Balaban J connectivity index is 1.69. The van der Waals surface area contributed by atoms with Gasteiger partial charge >= 0.3 is 0 Å². The van der Waals surface area contributed by atoms with Crippen molar-refractivity contribution in [3.05, 3.63) is 42.5 Å². The van der Waals surface area contributed by atoms with E-state index >= 15 is 0 Å². The van der Waals surface area contributed by atoms with E-state index in [0.717, 1.165) is 47.0 Å². The summed E-state index contributed by atoms with van der Waals surface area (Å²) in [5.74, 6) is 0.821. The molecule has 1 amide bonds. The Morgan fingerprint density at radius 1 is 1.10 bits per heavy atom. The number of aldehydes is 1. The molecule has 1 aromatic heterocycles. The molecule has 0 bridgehead atoms. The summed E-state index contributed by atoms with van der Waals surface area (Å²) < 4.78 is 0. The molecule has 1 fully saturated rings. The van der Waals surface area contributed by atoms with Crippen molar-refractivity contribution in [3.8, 4) is 11.1 Å². The lowest BCUT2D eigenvalue weighted by atomic mass is 9.95. The van der Waals surface area contributed by atoms with Gasteiger partial charge in [-0.1, -0.05) is 43.5 Å². The topological polar surface area (TPSA) is 110 Å². The highest BCUT2D eigenvalue weighted by molar-refractivity contribution is 5.99. The van der Waals surface area contributed by atoms with Gasteiger partial charge < -0.3 is 21.2 Å². The lowest BCUT2D eigenvalue weighted by molar-refractivity contribution is -0.118. The molecule has 4 N–H and O–H groups in total. The van der Waals surface area contributed by atoms with Gasteiger partial charge in [0.25, 0.3) is 0 Å². The van der Waals surface area contributed by atoms with Gasteiger partial charge in [-0.15, -0.1) is 0 Å². The first kappa shape index (κ1) is 20.8. The third-order valence-electron chi connectivity index (χ3n) is 5.66. The van der Waals surface area contributed by atoms with Gasteiger partial charge in [-0.25, -0.2) is 4.98 Å². The zero-order valence-corrected chi connectivity index (χ0v) is 17.4. The fourth-order valence-electron chi connectivity index (χ4n) is 4.11. The SMILES string of the molecule is Nc1nc(NC2CCCCC2)c2cc(-c3ccccc3NC(=O)CCC=O)ccc2n1. The van der Waals surface area contributed by atoms with Gasteiger partial charge in [-0.3, -0.25) is 4.79 Å². The molecular weight excluding hydrogens is 390 g/mol. The van der Waals surface area contributed by atoms with Crippen molar-refractivity contribution < 1.29 is 9.59 Å². The van der Waals surface area contributed by atoms with Crippen LogP contribution >= 0.6 is 0 Å². The maximum atomic E-state index is 12.2. The van der Waals surface area contributed by atoms with E-state index in [4.69, 9.17) is 5.73 Å². The van der Waals surface area contributed by atoms with Gasteiger partial charge in [0.1, 0.15) is 12.1 Å². The molecule has 0 unspecified atom stereocenters. The Morgan fingerprint density at radius 2 is 1.90 bits per heavy atom. The molecule has 0 spiro atoms. The van der Waals surface area contributed by atoms with Gasteiger partial charge in [0.15, 0.2) is 0 Å². The summed E-state index contributed by atoms with van der Waals surface area (Å²) in [6.45, 7) is 0. The molecule has 160 valence electrons. The lowest BCUT2D eigenvalue weighted by Crippen LogP contribution is -2.23. The molecule has 4 rings (SSSR count). The number of fused-ring (bicyclic) bond motifs is 1. The standard InChI is InChI=1S/C24H27N5O2/c25-24-28-21-13-12-16(15-19(21)23(29-24)26-17-7-2-1-3-8-17)18-9-4-5-10-20(18)27-22(31)11-6-14-30/h4-5,9-10,12-15,17H,1-3,6-8,11H2,(H,27,31)(H3,25,26,28,29). The number of carbonyl (C=O) groups is 2. The smallest absolute Gasteiger partial charge is 0.224 e. The zero-order valence-electron chi connectivity index (χ0n) is 17.4. The monoisotopic (exact) mass is 417 g/mol. The molecule has 7 nitrogen and oxygen atoms in total. The van der Waals surface area contributed by atoms with Crippen LogP contribution in [0.15, 0.2) is 42.5 Å². The molecule has 0 saturated heterocycles. The van der Waals surface area contributed by atoms with Crippen molar-refractivity contribution in [1.82, 2.24) is 9.97 Å². The summed E-state index contributed by atoms with van der Waals surface area (Å²) in [5.41, 5.74) is 9.28. The average molecular weight is 418 g/mol. The first-order valence-corrected chi connectivity index (χ1v) is 10.8. The van der Waals surface area contributed by atoms with E-state index in [2.05, 4.69) is 20.6 Å². The highest BCUT2D eigenvalue weighted by atomic mass is 16.1. The third-order valence-corrected chi connectivity index (χ3v) is 5.66. The first-order valence-electron chi connectivity index (χ1n) is 10.8. The number of carbonyl (C=O) groups excluding carboxylic acids is 2. The number of amides is 1. The maximum absolute atomic E-state index is 12.2.